The van der Waals surface area contributed by atoms with Gasteiger partial charge in [0.1, 0.15) is 5.76 Å². The number of carbonyl (C=O) groups is 2. The van der Waals surface area contributed by atoms with E-state index in [0.717, 1.165) is 38.3 Å². The van der Waals surface area contributed by atoms with Gasteiger partial charge >= 0.3 is 0 Å². The summed E-state index contributed by atoms with van der Waals surface area (Å²) in [7, 11) is 2.13. The summed E-state index contributed by atoms with van der Waals surface area (Å²) < 4.78 is 4.92. The molecule has 2 N–H and O–H groups in total. The second-order valence-electron chi connectivity index (χ2n) is 7.50. The first-order chi connectivity index (χ1) is 14.5. The van der Waals surface area contributed by atoms with Crippen LogP contribution in [0.5, 0.6) is 0 Å². The lowest BCUT2D eigenvalue weighted by Crippen LogP contribution is -2.48. The van der Waals surface area contributed by atoms with E-state index in [1.807, 2.05) is 30.3 Å². The van der Waals surface area contributed by atoms with Crippen molar-refractivity contribution in [3.63, 3.8) is 0 Å². The van der Waals surface area contributed by atoms with E-state index in [9.17, 15) is 9.59 Å². The van der Waals surface area contributed by atoms with E-state index < -0.39 is 0 Å². The zero-order valence-electron chi connectivity index (χ0n) is 17.5. The fraction of sp³-hybridized carbons (Fsp3) is 0.476. The first-order valence-electron chi connectivity index (χ1n) is 10.1. The zero-order valence-corrected chi connectivity index (χ0v) is 18.3. The normalized spacial score (nSPS) is 16.2. The van der Waals surface area contributed by atoms with Crippen LogP contribution in [0.15, 0.2) is 40.9 Å². The largest absolute Gasteiger partial charge is 0.360 e. The van der Waals surface area contributed by atoms with Crippen LogP contribution in [0, 0.1) is 6.92 Å². The number of hydrogen-bond acceptors (Lipinski definition) is 7. The number of nitrogens with one attached hydrogen (secondary N) is 2. The van der Waals surface area contributed by atoms with Crippen molar-refractivity contribution in [2.24, 2.45) is 0 Å². The average Bonchev–Trinajstić information content (AvgIpc) is 3.14. The van der Waals surface area contributed by atoms with Crippen LogP contribution in [0.2, 0.25) is 0 Å². The van der Waals surface area contributed by atoms with Crippen molar-refractivity contribution in [3.8, 4) is 0 Å². The minimum atomic E-state index is -0.210. The molecule has 8 nitrogen and oxygen atoms in total. The number of amides is 2. The van der Waals surface area contributed by atoms with Crippen LogP contribution in [0.4, 0.5) is 5.82 Å². The van der Waals surface area contributed by atoms with Gasteiger partial charge in [0.15, 0.2) is 5.82 Å². The maximum absolute atomic E-state index is 12.5. The number of hydrogen-bond donors (Lipinski definition) is 2. The molecule has 1 aliphatic rings. The van der Waals surface area contributed by atoms with Crippen LogP contribution in [-0.4, -0.2) is 78.0 Å². The Morgan fingerprint density at radius 3 is 2.50 bits per heavy atom. The Morgan fingerprint density at radius 1 is 1.13 bits per heavy atom. The standard InChI is InChI=1S/C21H29N5O3S/c1-16-12-19(24-29-16)23-21(28)15-30-14-20(27)22-18(17-6-4-3-5-7-17)13-26-10-8-25(2)9-11-26/h3-7,12,18H,8-11,13-15H2,1-2H3,(H,22,27)(H,23,24,28). The maximum Gasteiger partial charge on any atom is 0.235 e. The second kappa shape index (κ2) is 11.1. The number of piperazine rings is 1. The van der Waals surface area contributed by atoms with Gasteiger partial charge in [-0.1, -0.05) is 35.5 Å². The summed E-state index contributed by atoms with van der Waals surface area (Å²) in [5.74, 6) is 1.13. The monoisotopic (exact) mass is 431 g/mol. The molecule has 0 spiro atoms. The highest BCUT2D eigenvalue weighted by molar-refractivity contribution is 8.00. The van der Waals surface area contributed by atoms with E-state index in [1.165, 1.54) is 11.8 Å². The van der Waals surface area contributed by atoms with Crippen molar-refractivity contribution >= 4 is 29.4 Å². The number of aryl methyl sites for hydroxylation is 1. The summed E-state index contributed by atoms with van der Waals surface area (Å²) in [5.41, 5.74) is 1.09. The predicted octanol–water partition coefficient (Wildman–Crippen LogP) is 1.76. The van der Waals surface area contributed by atoms with Crippen molar-refractivity contribution in [2.45, 2.75) is 13.0 Å². The lowest BCUT2D eigenvalue weighted by atomic mass is 10.1. The number of rotatable bonds is 9. The van der Waals surface area contributed by atoms with Crippen molar-refractivity contribution in [1.82, 2.24) is 20.3 Å². The summed E-state index contributed by atoms with van der Waals surface area (Å²) >= 11 is 1.28. The van der Waals surface area contributed by atoms with Crippen LogP contribution >= 0.6 is 11.8 Å². The molecule has 3 rings (SSSR count). The highest BCUT2D eigenvalue weighted by atomic mass is 32.2. The van der Waals surface area contributed by atoms with E-state index in [1.54, 1.807) is 13.0 Å². The number of anilines is 1. The van der Waals surface area contributed by atoms with Crippen LogP contribution in [0.3, 0.4) is 0 Å². The van der Waals surface area contributed by atoms with Crippen LogP contribution in [-0.2, 0) is 9.59 Å². The van der Waals surface area contributed by atoms with Gasteiger partial charge in [0.2, 0.25) is 11.8 Å². The van der Waals surface area contributed by atoms with Crippen LogP contribution < -0.4 is 10.6 Å². The third kappa shape index (κ3) is 7.16. The molecule has 2 heterocycles. The van der Waals surface area contributed by atoms with E-state index in [4.69, 9.17) is 4.52 Å². The number of nitrogens with zero attached hydrogens (tertiary/aromatic N) is 3. The minimum Gasteiger partial charge on any atom is -0.360 e. The van der Waals surface area contributed by atoms with Gasteiger partial charge in [0.25, 0.3) is 0 Å². The van der Waals surface area contributed by atoms with Crippen molar-refractivity contribution in [2.75, 3.05) is 56.6 Å². The summed E-state index contributed by atoms with van der Waals surface area (Å²) in [6.07, 6.45) is 0. The first-order valence-corrected chi connectivity index (χ1v) is 11.2. The van der Waals surface area contributed by atoms with E-state index in [0.29, 0.717) is 11.6 Å². The van der Waals surface area contributed by atoms with Gasteiger partial charge in [-0.15, -0.1) is 11.8 Å². The molecule has 1 fully saturated rings. The molecule has 1 aromatic carbocycles. The Balaban J connectivity index is 1.47. The highest BCUT2D eigenvalue weighted by Gasteiger charge is 2.21. The van der Waals surface area contributed by atoms with E-state index in [-0.39, 0.29) is 29.4 Å². The van der Waals surface area contributed by atoms with Crippen LogP contribution in [0.1, 0.15) is 17.4 Å². The molecule has 0 radical (unpaired) electrons. The Labute approximate surface area is 181 Å². The highest BCUT2D eigenvalue weighted by Crippen LogP contribution is 2.16. The Morgan fingerprint density at radius 2 is 1.83 bits per heavy atom. The molecule has 0 saturated carbocycles. The summed E-state index contributed by atoms with van der Waals surface area (Å²) in [6, 6.07) is 11.6. The zero-order chi connectivity index (χ0) is 21.3. The summed E-state index contributed by atoms with van der Waals surface area (Å²) in [4.78, 5) is 29.2. The van der Waals surface area contributed by atoms with Crippen molar-refractivity contribution in [1.29, 1.82) is 0 Å². The topological polar surface area (TPSA) is 90.7 Å². The van der Waals surface area contributed by atoms with Gasteiger partial charge in [-0.05, 0) is 19.5 Å². The van der Waals surface area contributed by atoms with E-state index >= 15 is 0 Å². The molecular weight excluding hydrogens is 402 g/mol. The fourth-order valence-corrected chi connectivity index (χ4v) is 3.91. The Bertz CT molecular complexity index is 821. The lowest BCUT2D eigenvalue weighted by Gasteiger charge is -2.35. The molecule has 30 heavy (non-hydrogen) atoms. The smallest absolute Gasteiger partial charge is 0.235 e. The molecule has 1 aliphatic heterocycles. The number of aromatic nitrogens is 1. The molecule has 0 aliphatic carbocycles. The molecule has 1 saturated heterocycles. The second-order valence-corrected chi connectivity index (χ2v) is 8.48. The molecule has 162 valence electrons. The molecule has 1 atom stereocenters. The maximum atomic E-state index is 12.5. The molecule has 1 unspecified atom stereocenters. The first kappa shape index (κ1) is 22.3. The molecule has 9 heteroatoms. The molecule has 0 bridgehead atoms. The summed E-state index contributed by atoms with van der Waals surface area (Å²) in [5, 5.41) is 9.53. The van der Waals surface area contributed by atoms with Gasteiger partial charge in [-0.2, -0.15) is 0 Å². The molecule has 2 amide bonds. The summed E-state index contributed by atoms with van der Waals surface area (Å²) in [6.45, 7) is 6.59. The van der Waals surface area contributed by atoms with Crippen LogP contribution in [0.25, 0.3) is 0 Å². The molecule has 2 aromatic rings. The molecule has 1 aromatic heterocycles. The minimum absolute atomic E-state index is 0.0744. The van der Waals surface area contributed by atoms with E-state index in [2.05, 4.69) is 32.6 Å². The number of benzene rings is 1. The van der Waals surface area contributed by atoms with Gasteiger partial charge in [-0.25, -0.2) is 0 Å². The fourth-order valence-electron chi connectivity index (χ4n) is 3.29. The Kier molecular flexibility index (Phi) is 8.30. The van der Waals surface area contributed by atoms with Gasteiger partial charge in [-0.3, -0.25) is 14.5 Å². The van der Waals surface area contributed by atoms with Gasteiger partial charge in [0.05, 0.1) is 17.5 Å². The number of likely N-dealkylation sites (N-methyl/N-ethyl adjacent to an activating group) is 1. The quantitative estimate of drug-likeness (QED) is 0.625. The van der Waals surface area contributed by atoms with Crippen molar-refractivity contribution < 1.29 is 14.1 Å². The third-order valence-corrected chi connectivity index (χ3v) is 5.87. The van der Waals surface area contributed by atoms with Gasteiger partial charge in [0, 0.05) is 38.8 Å². The molecular formula is C21H29N5O3S. The van der Waals surface area contributed by atoms with Gasteiger partial charge < -0.3 is 20.1 Å². The average molecular weight is 432 g/mol. The van der Waals surface area contributed by atoms with Crippen molar-refractivity contribution in [3.05, 3.63) is 47.7 Å². The number of carbonyl (C=O) groups excluding carboxylic acids is 2. The third-order valence-electron chi connectivity index (χ3n) is 4.94. The lowest BCUT2D eigenvalue weighted by molar-refractivity contribution is -0.119. The number of thioether (sulfide) groups is 1. The Hall–Kier alpha value is -2.36. The predicted molar refractivity (Wildman–Crippen MR) is 118 cm³/mol. The SMILES string of the molecule is Cc1cc(NC(=O)CSCC(=O)NC(CN2CCN(C)CC2)c2ccccc2)no1.